The Hall–Kier alpha value is -2.33. The predicted molar refractivity (Wildman–Crippen MR) is 79.4 cm³/mol. The van der Waals surface area contributed by atoms with Gasteiger partial charge in [0.1, 0.15) is 5.82 Å². The maximum atomic E-state index is 13.5. The SMILES string of the molecule is O=C(O)c1cccc2ccn(Cc3ccc(Cl)c(F)c3)c12. The molecule has 0 aliphatic rings. The lowest BCUT2D eigenvalue weighted by Gasteiger charge is -2.08. The standard InChI is InChI=1S/C16H11ClFNO2/c17-13-5-4-10(8-14(13)18)9-19-7-6-11-2-1-3-12(15(11)19)16(20)21/h1-8H,9H2,(H,20,21). The monoisotopic (exact) mass is 303 g/mol. The molecule has 1 N–H and O–H groups in total. The fraction of sp³-hybridized carbons (Fsp3) is 0.0625. The Bertz CT molecular complexity index is 841. The molecule has 3 rings (SSSR count). The molecular formula is C16H11ClFNO2. The normalized spacial score (nSPS) is 11.0. The van der Waals surface area contributed by atoms with Gasteiger partial charge < -0.3 is 9.67 Å². The topological polar surface area (TPSA) is 42.2 Å². The molecule has 2 aromatic carbocycles. The minimum Gasteiger partial charge on any atom is -0.478 e. The molecule has 1 aromatic heterocycles. The Morgan fingerprint density at radius 1 is 1.24 bits per heavy atom. The summed E-state index contributed by atoms with van der Waals surface area (Å²) in [7, 11) is 0. The lowest BCUT2D eigenvalue weighted by atomic mass is 10.1. The van der Waals surface area contributed by atoms with Crippen molar-refractivity contribution in [3.05, 3.63) is 70.6 Å². The summed E-state index contributed by atoms with van der Waals surface area (Å²) in [4.78, 5) is 11.3. The van der Waals surface area contributed by atoms with Crippen LogP contribution in [0.15, 0.2) is 48.7 Å². The van der Waals surface area contributed by atoms with E-state index in [1.807, 2.05) is 12.1 Å². The summed E-state index contributed by atoms with van der Waals surface area (Å²) in [5.74, 6) is -1.47. The zero-order valence-corrected chi connectivity index (χ0v) is 11.6. The van der Waals surface area contributed by atoms with E-state index in [4.69, 9.17) is 11.6 Å². The van der Waals surface area contributed by atoms with Crippen LogP contribution in [0.5, 0.6) is 0 Å². The number of nitrogens with zero attached hydrogens (tertiary/aromatic N) is 1. The van der Waals surface area contributed by atoms with Gasteiger partial charge in [0.05, 0.1) is 16.1 Å². The number of carboxylic acids is 1. The van der Waals surface area contributed by atoms with Gasteiger partial charge in [0.2, 0.25) is 0 Å². The Morgan fingerprint density at radius 3 is 2.76 bits per heavy atom. The third kappa shape index (κ3) is 2.50. The van der Waals surface area contributed by atoms with Crippen LogP contribution in [0.1, 0.15) is 15.9 Å². The van der Waals surface area contributed by atoms with Gasteiger partial charge in [0.15, 0.2) is 0 Å². The summed E-state index contributed by atoms with van der Waals surface area (Å²) in [6.45, 7) is 0.377. The molecule has 5 heteroatoms. The Kier molecular flexibility index (Phi) is 3.39. The fourth-order valence-corrected chi connectivity index (χ4v) is 2.52. The van der Waals surface area contributed by atoms with Crippen molar-refractivity contribution in [2.75, 3.05) is 0 Å². The number of rotatable bonds is 3. The van der Waals surface area contributed by atoms with E-state index in [1.54, 1.807) is 29.0 Å². The molecule has 0 aliphatic carbocycles. The maximum absolute atomic E-state index is 13.5. The molecule has 0 amide bonds. The van der Waals surface area contributed by atoms with Crippen LogP contribution in [-0.4, -0.2) is 15.6 Å². The van der Waals surface area contributed by atoms with Crippen LogP contribution in [0, 0.1) is 5.82 Å². The summed E-state index contributed by atoms with van der Waals surface area (Å²) in [6, 6.07) is 11.5. The molecule has 3 nitrogen and oxygen atoms in total. The molecule has 0 saturated carbocycles. The first-order chi connectivity index (χ1) is 10.1. The van der Waals surface area contributed by atoms with Gasteiger partial charge in [-0.05, 0) is 29.8 Å². The lowest BCUT2D eigenvalue weighted by molar-refractivity contribution is 0.0698. The number of halogens is 2. The summed E-state index contributed by atoms with van der Waals surface area (Å²) in [5, 5.41) is 10.2. The molecule has 106 valence electrons. The molecule has 0 spiro atoms. The van der Waals surface area contributed by atoms with Crippen LogP contribution in [-0.2, 0) is 6.54 Å². The van der Waals surface area contributed by atoms with Gasteiger partial charge in [-0.1, -0.05) is 29.8 Å². The molecule has 0 bridgehead atoms. The molecule has 1 heterocycles. The van der Waals surface area contributed by atoms with E-state index in [0.717, 1.165) is 10.9 Å². The minimum absolute atomic E-state index is 0.0716. The summed E-state index contributed by atoms with van der Waals surface area (Å²) >= 11 is 5.66. The minimum atomic E-state index is -0.983. The molecule has 0 fully saturated rings. The van der Waals surface area contributed by atoms with Crippen LogP contribution in [0.25, 0.3) is 10.9 Å². The zero-order chi connectivity index (χ0) is 15.0. The van der Waals surface area contributed by atoms with Crippen molar-refractivity contribution in [2.45, 2.75) is 6.54 Å². The highest BCUT2D eigenvalue weighted by Gasteiger charge is 2.12. The number of para-hydroxylation sites is 1. The summed E-state index contributed by atoms with van der Waals surface area (Å²) in [6.07, 6.45) is 1.80. The maximum Gasteiger partial charge on any atom is 0.337 e. The fourth-order valence-electron chi connectivity index (χ4n) is 2.40. The molecule has 21 heavy (non-hydrogen) atoms. The third-order valence-corrected chi connectivity index (χ3v) is 3.66. The quantitative estimate of drug-likeness (QED) is 0.788. The van der Waals surface area contributed by atoms with Gasteiger partial charge in [0.25, 0.3) is 0 Å². The lowest BCUT2D eigenvalue weighted by Crippen LogP contribution is -2.04. The average Bonchev–Trinajstić information content (AvgIpc) is 2.86. The van der Waals surface area contributed by atoms with E-state index < -0.39 is 11.8 Å². The van der Waals surface area contributed by atoms with Gasteiger partial charge in [0, 0.05) is 18.1 Å². The number of fused-ring (bicyclic) bond motifs is 1. The van der Waals surface area contributed by atoms with E-state index >= 15 is 0 Å². The molecule has 0 saturated heterocycles. The van der Waals surface area contributed by atoms with Crippen molar-refractivity contribution in [1.29, 1.82) is 0 Å². The van der Waals surface area contributed by atoms with Gasteiger partial charge in [-0.3, -0.25) is 0 Å². The van der Waals surface area contributed by atoms with Crippen molar-refractivity contribution in [1.82, 2.24) is 4.57 Å². The largest absolute Gasteiger partial charge is 0.478 e. The Balaban J connectivity index is 2.08. The highest BCUT2D eigenvalue weighted by Crippen LogP contribution is 2.23. The molecule has 0 atom stereocenters. The van der Waals surface area contributed by atoms with Crippen LogP contribution in [0.2, 0.25) is 5.02 Å². The van der Waals surface area contributed by atoms with E-state index in [9.17, 15) is 14.3 Å². The highest BCUT2D eigenvalue weighted by molar-refractivity contribution is 6.30. The van der Waals surface area contributed by atoms with E-state index in [2.05, 4.69) is 0 Å². The van der Waals surface area contributed by atoms with Crippen LogP contribution < -0.4 is 0 Å². The predicted octanol–water partition coefficient (Wildman–Crippen LogP) is 4.18. The van der Waals surface area contributed by atoms with Crippen molar-refractivity contribution < 1.29 is 14.3 Å². The average molecular weight is 304 g/mol. The first kappa shape index (κ1) is 13.6. The number of carbonyl (C=O) groups is 1. The van der Waals surface area contributed by atoms with Crippen molar-refractivity contribution in [3.63, 3.8) is 0 Å². The number of hydrogen-bond donors (Lipinski definition) is 1. The van der Waals surface area contributed by atoms with Crippen molar-refractivity contribution in [2.24, 2.45) is 0 Å². The Morgan fingerprint density at radius 2 is 2.05 bits per heavy atom. The van der Waals surface area contributed by atoms with E-state index in [-0.39, 0.29) is 10.6 Å². The first-order valence-electron chi connectivity index (χ1n) is 6.31. The number of hydrogen-bond acceptors (Lipinski definition) is 1. The molecule has 0 unspecified atom stereocenters. The van der Waals surface area contributed by atoms with Gasteiger partial charge in [-0.25, -0.2) is 9.18 Å². The second-order valence-corrected chi connectivity index (χ2v) is 5.15. The smallest absolute Gasteiger partial charge is 0.337 e. The number of carboxylic acid groups (broad SMARTS) is 1. The molecule has 0 aliphatic heterocycles. The van der Waals surface area contributed by atoms with Crippen LogP contribution >= 0.6 is 11.6 Å². The van der Waals surface area contributed by atoms with Crippen molar-refractivity contribution in [3.8, 4) is 0 Å². The van der Waals surface area contributed by atoms with Crippen LogP contribution in [0.4, 0.5) is 4.39 Å². The number of aromatic carboxylic acids is 1. The molecule has 3 aromatic rings. The summed E-state index contributed by atoms with van der Waals surface area (Å²) < 4.78 is 15.3. The van der Waals surface area contributed by atoms with Gasteiger partial charge in [-0.15, -0.1) is 0 Å². The second-order valence-electron chi connectivity index (χ2n) is 4.74. The number of aromatic nitrogens is 1. The zero-order valence-electron chi connectivity index (χ0n) is 10.9. The number of benzene rings is 2. The van der Waals surface area contributed by atoms with Gasteiger partial charge >= 0.3 is 5.97 Å². The highest BCUT2D eigenvalue weighted by atomic mass is 35.5. The van der Waals surface area contributed by atoms with Gasteiger partial charge in [-0.2, -0.15) is 0 Å². The van der Waals surface area contributed by atoms with E-state index in [0.29, 0.717) is 12.1 Å². The Labute approximate surface area is 125 Å². The second kappa shape index (κ2) is 5.22. The van der Waals surface area contributed by atoms with Crippen LogP contribution in [0.3, 0.4) is 0 Å². The van der Waals surface area contributed by atoms with E-state index in [1.165, 1.54) is 12.1 Å². The first-order valence-corrected chi connectivity index (χ1v) is 6.69. The third-order valence-electron chi connectivity index (χ3n) is 3.36. The van der Waals surface area contributed by atoms with Crippen molar-refractivity contribution >= 4 is 28.5 Å². The molecule has 0 radical (unpaired) electrons. The summed E-state index contributed by atoms with van der Waals surface area (Å²) in [5.41, 5.74) is 1.57. The molecular weight excluding hydrogens is 293 g/mol.